The largest absolute Gasteiger partial charge is 0.490 e. The van der Waals surface area contributed by atoms with Gasteiger partial charge in [-0.05, 0) is 53.2 Å². The predicted octanol–water partition coefficient (Wildman–Crippen LogP) is 5.50. The highest BCUT2D eigenvalue weighted by molar-refractivity contribution is 9.11. The molecule has 1 N–H and O–H groups in total. The van der Waals surface area contributed by atoms with E-state index in [0.717, 1.165) is 8.95 Å². The van der Waals surface area contributed by atoms with E-state index in [1.54, 1.807) is 30.4 Å². The molecule has 0 unspecified atom stereocenters. The molecule has 0 radical (unpaired) electrons. The number of rotatable bonds is 11. The van der Waals surface area contributed by atoms with Crippen LogP contribution in [0.2, 0.25) is 0 Å². The lowest BCUT2D eigenvalue weighted by Gasteiger charge is -2.12. The number of carbonyl (C=O) groups is 1. The van der Waals surface area contributed by atoms with Crippen molar-refractivity contribution in [2.75, 3.05) is 19.8 Å². The molecule has 158 valence electrons. The third kappa shape index (κ3) is 6.74. The van der Waals surface area contributed by atoms with E-state index >= 15 is 0 Å². The number of halogens is 2. The SMILES string of the molecule is C=CCOc1ccc(C(=O)N/N=C/c2cc(Br)cc(Br)c2OCC=C)cc1OCC. The Bertz CT molecular complexity index is 945. The molecule has 0 aliphatic rings. The summed E-state index contributed by atoms with van der Waals surface area (Å²) in [7, 11) is 0. The number of hydrogen-bond donors (Lipinski definition) is 1. The highest BCUT2D eigenvalue weighted by atomic mass is 79.9. The van der Waals surface area contributed by atoms with Gasteiger partial charge >= 0.3 is 0 Å². The predicted molar refractivity (Wildman–Crippen MR) is 126 cm³/mol. The molecule has 0 spiro atoms. The van der Waals surface area contributed by atoms with Crippen LogP contribution in [0.4, 0.5) is 0 Å². The van der Waals surface area contributed by atoms with Gasteiger partial charge in [-0.2, -0.15) is 5.10 Å². The van der Waals surface area contributed by atoms with E-state index in [2.05, 4.69) is 55.5 Å². The fourth-order valence-electron chi connectivity index (χ4n) is 2.38. The van der Waals surface area contributed by atoms with Crippen molar-refractivity contribution < 1.29 is 19.0 Å². The highest BCUT2D eigenvalue weighted by Gasteiger charge is 2.12. The topological polar surface area (TPSA) is 69.2 Å². The second kappa shape index (κ2) is 12.2. The van der Waals surface area contributed by atoms with E-state index < -0.39 is 0 Å². The van der Waals surface area contributed by atoms with E-state index in [1.807, 2.05) is 19.1 Å². The molecule has 2 aromatic carbocycles. The lowest BCUT2D eigenvalue weighted by atomic mass is 10.2. The smallest absolute Gasteiger partial charge is 0.271 e. The molecule has 0 saturated carbocycles. The van der Waals surface area contributed by atoms with Gasteiger partial charge in [0.05, 0.1) is 17.3 Å². The van der Waals surface area contributed by atoms with Crippen molar-refractivity contribution in [3.05, 3.63) is 75.7 Å². The number of amides is 1. The summed E-state index contributed by atoms with van der Waals surface area (Å²) in [4.78, 5) is 12.5. The number of nitrogens with zero attached hydrogens (tertiary/aromatic N) is 1. The van der Waals surface area contributed by atoms with E-state index in [0.29, 0.717) is 48.2 Å². The molecule has 2 rings (SSSR count). The minimum Gasteiger partial charge on any atom is -0.490 e. The van der Waals surface area contributed by atoms with E-state index in [1.165, 1.54) is 6.21 Å². The standard InChI is InChI=1S/C22H22Br2N2O4/c1-4-9-29-19-8-7-15(12-20(19)28-6-3)22(27)26-25-14-16-11-17(23)13-18(24)21(16)30-10-5-2/h4-5,7-8,11-14H,1-2,6,9-10H2,3H3,(H,26,27)/b25-14+. The molecule has 0 aromatic heterocycles. The summed E-state index contributed by atoms with van der Waals surface area (Å²) in [6, 6.07) is 8.62. The molecule has 30 heavy (non-hydrogen) atoms. The Morgan fingerprint density at radius 2 is 1.80 bits per heavy atom. The van der Waals surface area contributed by atoms with E-state index in [9.17, 15) is 4.79 Å². The third-order valence-corrected chi connectivity index (χ3v) is 4.66. The fourth-order valence-corrected chi connectivity index (χ4v) is 3.75. The molecule has 2 aromatic rings. The van der Waals surface area contributed by atoms with Gasteiger partial charge in [0, 0.05) is 15.6 Å². The highest BCUT2D eigenvalue weighted by Crippen LogP contribution is 2.32. The Morgan fingerprint density at radius 3 is 2.50 bits per heavy atom. The summed E-state index contributed by atoms with van der Waals surface area (Å²) < 4.78 is 18.4. The molecule has 0 atom stereocenters. The van der Waals surface area contributed by atoms with Gasteiger partial charge in [0.15, 0.2) is 11.5 Å². The molecule has 1 amide bonds. The van der Waals surface area contributed by atoms with Crippen LogP contribution in [0.3, 0.4) is 0 Å². The normalized spacial score (nSPS) is 10.5. The molecule has 0 heterocycles. The minimum atomic E-state index is -0.384. The summed E-state index contributed by atoms with van der Waals surface area (Å²) in [5.74, 6) is 1.23. The number of hydrazone groups is 1. The molecular formula is C22H22Br2N2O4. The van der Waals surface area contributed by atoms with Crippen LogP contribution >= 0.6 is 31.9 Å². The number of benzene rings is 2. The first-order valence-electron chi connectivity index (χ1n) is 9.06. The maximum absolute atomic E-state index is 12.5. The van der Waals surface area contributed by atoms with Gasteiger partial charge in [-0.3, -0.25) is 4.79 Å². The van der Waals surface area contributed by atoms with Crippen LogP contribution in [-0.4, -0.2) is 31.9 Å². The summed E-state index contributed by atoms with van der Waals surface area (Å²) >= 11 is 6.90. The average molecular weight is 538 g/mol. The summed E-state index contributed by atoms with van der Waals surface area (Å²) in [6.45, 7) is 10.3. The van der Waals surface area contributed by atoms with Gasteiger partial charge in [-0.25, -0.2) is 5.43 Å². The molecular weight excluding hydrogens is 516 g/mol. The first-order valence-corrected chi connectivity index (χ1v) is 10.6. The van der Waals surface area contributed by atoms with Crippen molar-refractivity contribution in [2.24, 2.45) is 5.10 Å². The van der Waals surface area contributed by atoms with Crippen LogP contribution < -0.4 is 19.6 Å². The molecule has 8 heteroatoms. The van der Waals surface area contributed by atoms with Gasteiger partial charge in [-0.15, -0.1) is 0 Å². The molecule has 0 fully saturated rings. The van der Waals surface area contributed by atoms with Crippen molar-refractivity contribution in [2.45, 2.75) is 6.92 Å². The van der Waals surface area contributed by atoms with Crippen molar-refractivity contribution in [1.29, 1.82) is 0 Å². The van der Waals surface area contributed by atoms with Crippen LogP contribution in [0.25, 0.3) is 0 Å². The lowest BCUT2D eigenvalue weighted by Crippen LogP contribution is -2.18. The van der Waals surface area contributed by atoms with Gasteiger partial charge in [0.1, 0.15) is 19.0 Å². The fraction of sp³-hybridized carbons (Fsp3) is 0.182. The van der Waals surface area contributed by atoms with Crippen LogP contribution in [0, 0.1) is 0 Å². The average Bonchev–Trinajstić information content (AvgIpc) is 2.72. The maximum Gasteiger partial charge on any atom is 0.271 e. The van der Waals surface area contributed by atoms with Crippen molar-refractivity contribution in [3.63, 3.8) is 0 Å². The quantitative estimate of drug-likeness (QED) is 0.233. The zero-order valence-electron chi connectivity index (χ0n) is 16.5. The number of nitrogens with one attached hydrogen (secondary N) is 1. The zero-order chi connectivity index (χ0) is 21.9. The maximum atomic E-state index is 12.5. The monoisotopic (exact) mass is 536 g/mol. The minimum absolute atomic E-state index is 0.341. The van der Waals surface area contributed by atoms with Gasteiger partial charge < -0.3 is 14.2 Å². The summed E-state index contributed by atoms with van der Waals surface area (Å²) in [5, 5.41) is 4.06. The first-order chi connectivity index (χ1) is 14.5. The molecule has 0 aliphatic heterocycles. The molecule has 0 aliphatic carbocycles. The van der Waals surface area contributed by atoms with Crippen molar-refractivity contribution in [3.8, 4) is 17.2 Å². The van der Waals surface area contributed by atoms with Crippen LogP contribution in [-0.2, 0) is 0 Å². The van der Waals surface area contributed by atoms with Crippen LogP contribution in [0.1, 0.15) is 22.8 Å². The van der Waals surface area contributed by atoms with Crippen LogP contribution in [0.5, 0.6) is 17.2 Å². The number of ether oxygens (including phenoxy) is 3. The van der Waals surface area contributed by atoms with Gasteiger partial charge in [0.2, 0.25) is 0 Å². The Labute approximate surface area is 192 Å². The van der Waals surface area contributed by atoms with E-state index in [4.69, 9.17) is 14.2 Å². The first kappa shape index (κ1) is 23.7. The van der Waals surface area contributed by atoms with E-state index in [-0.39, 0.29) is 5.91 Å². The summed E-state index contributed by atoms with van der Waals surface area (Å²) in [6.07, 6.45) is 4.80. The van der Waals surface area contributed by atoms with Gasteiger partial charge in [0.25, 0.3) is 5.91 Å². The van der Waals surface area contributed by atoms with Gasteiger partial charge in [-0.1, -0.05) is 41.2 Å². The molecule has 6 nitrogen and oxygen atoms in total. The second-order valence-electron chi connectivity index (χ2n) is 5.80. The summed E-state index contributed by atoms with van der Waals surface area (Å²) in [5.41, 5.74) is 3.58. The Kier molecular flexibility index (Phi) is 9.63. The Morgan fingerprint density at radius 1 is 1.07 bits per heavy atom. The van der Waals surface area contributed by atoms with Crippen LogP contribution in [0.15, 0.2) is 69.7 Å². The van der Waals surface area contributed by atoms with Crippen molar-refractivity contribution >= 4 is 44.0 Å². The van der Waals surface area contributed by atoms with Crippen molar-refractivity contribution in [1.82, 2.24) is 5.43 Å². The molecule has 0 bridgehead atoms. The zero-order valence-corrected chi connectivity index (χ0v) is 19.7. The Balaban J connectivity index is 2.17. The lowest BCUT2D eigenvalue weighted by molar-refractivity contribution is 0.0954. The third-order valence-electron chi connectivity index (χ3n) is 3.61. The molecule has 0 saturated heterocycles. The Hall–Kier alpha value is -2.58. The number of carbonyl (C=O) groups excluding carboxylic acids is 1. The second-order valence-corrected chi connectivity index (χ2v) is 7.57. The number of hydrogen-bond acceptors (Lipinski definition) is 5.